The quantitative estimate of drug-likeness (QED) is 0.474. The van der Waals surface area contributed by atoms with E-state index in [1.54, 1.807) is 12.1 Å². The topological polar surface area (TPSA) is 84.3 Å². The van der Waals surface area contributed by atoms with Crippen LogP contribution in [0.15, 0.2) is 28.3 Å². The second-order valence-electron chi connectivity index (χ2n) is 8.04. The number of sulfonamides is 1. The van der Waals surface area contributed by atoms with E-state index in [0.29, 0.717) is 31.1 Å². The minimum absolute atomic E-state index is 0.0161. The fourth-order valence-electron chi connectivity index (χ4n) is 3.24. The summed E-state index contributed by atoms with van der Waals surface area (Å²) in [7, 11) is -3.55. The Morgan fingerprint density at radius 1 is 1.19 bits per heavy atom. The van der Waals surface area contributed by atoms with Gasteiger partial charge in [0.1, 0.15) is 0 Å². The Labute approximate surface area is 191 Å². The molecule has 0 radical (unpaired) electrons. The largest absolute Gasteiger partial charge is 0.355 e. The maximum absolute atomic E-state index is 12.9. The van der Waals surface area contributed by atoms with E-state index >= 15 is 0 Å². The number of nitrogens with zero attached hydrogens (tertiary/aromatic N) is 3. The summed E-state index contributed by atoms with van der Waals surface area (Å²) in [4.78, 5) is 17.4. The van der Waals surface area contributed by atoms with E-state index in [9.17, 15) is 13.2 Å². The number of carbonyl (C=O) groups is 1. The van der Waals surface area contributed by atoms with Crippen molar-refractivity contribution in [1.29, 1.82) is 0 Å². The maximum Gasteiger partial charge on any atom is 0.243 e. The van der Waals surface area contributed by atoms with E-state index in [1.165, 1.54) is 16.1 Å². The maximum atomic E-state index is 12.9. The van der Waals surface area contributed by atoms with Crippen LogP contribution >= 0.6 is 11.8 Å². The molecule has 0 fully saturated rings. The van der Waals surface area contributed by atoms with Gasteiger partial charge < -0.3 is 9.88 Å². The van der Waals surface area contributed by atoms with Gasteiger partial charge in [0.15, 0.2) is 5.16 Å². The van der Waals surface area contributed by atoms with Gasteiger partial charge in [0.25, 0.3) is 0 Å². The lowest BCUT2D eigenvalue weighted by Crippen LogP contribution is -2.33. The fourth-order valence-corrected chi connectivity index (χ4v) is 5.70. The van der Waals surface area contributed by atoms with Crippen molar-refractivity contribution >= 4 is 38.7 Å². The van der Waals surface area contributed by atoms with Crippen LogP contribution in [0.4, 0.5) is 0 Å². The Balaban J connectivity index is 2.40. The van der Waals surface area contributed by atoms with Crippen LogP contribution < -0.4 is 5.32 Å². The molecule has 1 atom stereocenters. The number of rotatable bonds is 12. The second-order valence-corrected chi connectivity index (χ2v) is 11.3. The van der Waals surface area contributed by atoms with Crippen molar-refractivity contribution in [2.45, 2.75) is 76.2 Å². The number of carbonyl (C=O) groups excluding carboxylic acids is 1. The van der Waals surface area contributed by atoms with Crippen molar-refractivity contribution in [2.24, 2.45) is 5.92 Å². The number of hydrogen-bond donors (Lipinski definition) is 1. The highest BCUT2D eigenvalue weighted by Gasteiger charge is 2.24. The number of nitrogens with one attached hydrogen (secondary N) is 1. The molecule has 1 heterocycles. The number of aromatic nitrogens is 2. The Morgan fingerprint density at radius 3 is 2.45 bits per heavy atom. The number of unbranched alkanes of at least 4 members (excludes halogenated alkanes) is 1. The number of imidazole rings is 1. The molecule has 2 aromatic rings. The zero-order valence-electron chi connectivity index (χ0n) is 19.5. The molecule has 0 aliphatic carbocycles. The molecule has 2 rings (SSSR count). The Hall–Kier alpha value is -1.58. The molecule has 9 heteroatoms. The summed E-state index contributed by atoms with van der Waals surface area (Å²) in [6.07, 6.45) is 2.01. The number of amides is 1. The molecule has 1 N–H and O–H groups in total. The van der Waals surface area contributed by atoms with Crippen molar-refractivity contribution in [1.82, 2.24) is 19.2 Å². The van der Waals surface area contributed by atoms with Gasteiger partial charge in [-0.3, -0.25) is 4.79 Å². The van der Waals surface area contributed by atoms with Gasteiger partial charge in [0.05, 0.1) is 21.2 Å². The van der Waals surface area contributed by atoms with Gasteiger partial charge in [-0.25, -0.2) is 13.4 Å². The van der Waals surface area contributed by atoms with Crippen molar-refractivity contribution in [3.05, 3.63) is 18.2 Å². The first-order valence-corrected chi connectivity index (χ1v) is 13.4. The summed E-state index contributed by atoms with van der Waals surface area (Å²) in [5.74, 6) is 0.374. The van der Waals surface area contributed by atoms with E-state index in [1.807, 2.05) is 26.8 Å². The third-order valence-electron chi connectivity index (χ3n) is 5.10. The lowest BCUT2D eigenvalue weighted by Gasteiger charge is -2.18. The summed E-state index contributed by atoms with van der Waals surface area (Å²) in [6, 6.07) is 5.15. The van der Waals surface area contributed by atoms with Gasteiger partial charge in [-0.2, -0.15) is 4.31 Å². The van der Waals surface area contributed by atoms with Crippen LogP contribution in [-0.4, -0.2) is 53.1 Å². The van der Waals surface area contributed by atoms with Crippen molar-refractivity contribution < 1.29 is 13.2 Å². The van der Waals surface area contributed by atoms with Crippen molar-refractivity contribution in [2.75, 3.05) is 19.6 Å². The molecular weight excluding hydrogens is 432 g/mol. The molecule has 0 aliphatic heterocycles. The monoisotopic (exact) mass is 468 g/mol. The predicted molar refractivity (Wildman–Crippen MR) is 128 cm³/mol. The van der Waals surface area contributed by atoms with Gasteiger partial charge in [-0.05, 0) is 37.5 Å². The number of fused-ring (bicyclic) bond motifs is 1. The number of aryl methyl sites for hydroxylation is 1. The van der Waals surface area contributed by atoms with E-state index in [0.717, 1.165) is 30.1 Å². The minimum Gasteiger partial charge on any atom is -0.355 e. The third kappa shape index (κ3) is 6.23. The van der Waals surface area contributed by atoms with Crippen LogP contribution in [0.1, 0.15) is 54.4 Å². The first kappa shape index (κ1) is 25.7. The van der Waals surface area contributed by atoms with Crippen molar-refractivity contribution in [3.8, 4) is 0 Å². The van der Waals surface area contributed by atoms with Gasteiger partial charge in [0, 0.05) is 26.2 Å². The molecular formula is C22H36N4O3S2. The Bertz CT molecular complexity index is 982. The standard InChI is InChI=1S/C22H36N4O3S2/c1-7-10-13-26-20-12-11-18(31(28,29)25(8-2)9-3)14-19(20)24-22(26)30-17(6)21(27)23-15-16(4)5/h11-12,14,16-17H,7-10,13,15H2,1-6H3,(H,23,27). The molecule has 1 aromatic heterocycles. The van der Waals surface area contributed by atoms with Crippen LogP contribution in [0.3, 0.4) is 0 Å². The van der Waals surface area contributed by atoms with E-state index in [-0.39, 0.29) is 16.1 Å². The van der Waals surface area contributed by atoms with Gasteiger partial charge in [-0.15, -0.1) is 0 Å². The smallest absolute Gasteiger partial charge is 0.243 e. The molecule has 0 saturated heterocycles. The van der Waals surface area contributed by atoms with Gasteiger partial charge >= 0.3 is 0 Å². The SMILES string of the molecule is CCCCn1c(SC(C)C(=O)NCC(C)C)nc2cc(S(=O)(=O)N(CC)CC)ccc21. The summed E-state index contributed by atoms with van der Waals surface area (Å²) in [5, 5.41) is 3.42. The summed E-state index contributed by atoms with van der Waals surface area (Å²) < 4.78 is 29.4. The molecule has 1 unspecified atom stereocenters. The van der Waals surface area contributed by atoms with Gasteiger partial charge in [0.2, 0.25) is 15.9 Å². The van der Waals surface area contributed by atoms with E-state index in [2.05, 4.69) is 30.7 Å². The number of thioether (sulfide) groups is 1. The number of hydrogen-bond acceptors (Lipinski definition) is 5. The molecule has 0 bridgehead atoms. The predicted octanol–water partition coefficient (Wildman–Crippen LogP) is 4.12. The average molecular weight is 469 g/mol. The second kappa shape index (κ2) is 11.3. The Kier molecular flexibility index (Phi) is 9.39. The van der Waals surface area contributed by atoms with Crippen LogP contribution in [0.2, 0.25) is 0 Å². The third-order valence-corrected chi connectivity index (χ3v) is 8.24. The van der Waals surface area contributed by atoms with Crippen LogP contribution in [0.25, 0.3) is 11.0 Å². The first-order chi connectivity index (χ1) is 14.6. The molecule has 0 spiro atoms. The molecule has 1 amide bonds. The molecule has 7 nitrogen and oxygen atoms in total. The van der Waals surface area contributed by atoms with E-state index in [4.69, 9.17) is 4.98 Å². The van der Waals surface area contributed by atoms with Crippen LogP contribution in [0, 0.1) is 5.92 Å². The number of benzene rings is 1. The zero-order chi connectivity index (χ0) is 23.2. The van der Waals surface area contributed by atoms with Gasteiger partial charge in [-0.1, -0.05) is 52.8 Å². The minimum atomic E-state index is -3.55. The van der Waals surface area contributed by atoms with Crippen LogP contribution in [-0.2, 0) is 21.4 Å². The lowest BCUT2D eigenvalue weighted by atomic mass is 10.2. The normalized spacial score (nSPS) is 13.3. The average Bonchev–Trinajstić information content (AvgIpc) is 3.06. The summed E-state index contributed by atoms with van der Waals surface area (Å²) >= 11 is 1.41. The summed E-state index contributed by atoms with van der Waals surface area (Å²) in [6.45, 7) is 14.1. The Morgan fingerprint density at radius 2 is 1.87 bits per heavy atom. The highest BCUT2D eigenvalue weighted by atomic mass is 32.2. The molecule has 174 valence electrons. The lowest BCUT2D eigenvalue weighted by molar-refractivity contribution is -0.120. The van der Waals surface area contributed by atoms with Crippen molar-refractivity contribution in [3.63, 3.8) is 0 Å². The highest BCUT2D eigenvalue weighted by molar-refractivity contribution is 8.00. The fraction of sp³-hybridized carbons (Fsp3) is 0.636. The molecule has 1 aromatic carbocycles. The molecule has 31 heavy (non-hydrogen) atoms. The van der Waals surface area contributed by atoms with Crippen LogP contribution in [0.5, 0.6) is 0 Å². The van der Waals surface area contributed by atoms with E-state index < -0.39 is 10.0 Å². The molecule has 0 saturated carbocycles. The molecule has 0 aliphatic rings. The summed E-state index contributed by atoms with van der Waals surface area (Å²) in [5.41, 5.74) is 1.53. The zero-order valence-corrected chi connectivity index (χ0v) is 21.1. The highest BCUT2D eigenvalue weighted by Crippen LogP contribution is 2.30. The first-order valence-electron chi connectivity index (χ1n) is 11.1.